The lowest BCUT2D eigenvalue weighted by molar-refractivity contribution is 0.0473. The lowest BCUT2D eigenvalue weighted by atomic mass is 10.1. The van der Waals surface area contributed by atoms with Gasteiger partial charge < -0.3 is 23.9 Å². The van der Waals surface area contributed by atoms with Gasteiger partial charge in [-0.25, -0.2) is 4.79 Å². The number of esters is 1. The van der Waals surface area contributed by atoms with Crippen LogP contribution in [0.2, 0.25) is 0 Å². The molecule has 3 rings (SSSR count). The van der Waals surface area contributed by atoms with Crippen LogP contribution >= 0.6 is 0 Å². The molecule has 156 valence electrons. The van der Waals surface area contributed by atoms with Crippen LogP contribution in [-0.2, 0) is 11.3 Å². The van der Waals surface area contributed by atoms with Crippen molar-refractivity contribution in [3.05, 3.63) is 76.7 Å². The Hall–Kier alpha value is -3.74. The van der Waals surface area contributed by atoms with Crippen molar-refractivity contribution in [3.8, 4) is 11.5 Å². The summed E-state index contributed by atoms with van der Waals surface area (Å²) >= 11 is 0. The first kappa shape index (κ1) is 21.0. The molecule has 0 aliphatic carbocycles. The van der Waals surface area contributed by atoms with Crippen molar-refractivity contribution in [2.24, 2.45) is 0 Å². The fraction of sp³-hybridized carbons (Fsp3) is 0.217. The van der Waals surface area contributed by atoms with Gasteiger partial charge in [-0.3, -0.25) is 4.79 Å². The van der Waals surface area contributed by atoms with Gasteiger partial charge in [0.25, 0.3) is 5.91 Å². The summed E-state index contributed by atoms with van der Waals surface area (Å²) < 4.78 is 21.2. The maximum absolute atomic E-state index is 12.9. The molecule has 30 heavy (non-hydrogen) atoms. The third kappa shape index (κ3) is 4.63. The molecule has 7 nitrogen and oxygen atoms in total. The van der Waals surface area contributed by atoms with E-state index in [0.717, 1.165) is 16.7 Å². The zero-order valence-corrected chi connectivity index (χ0v) is 17.3. The fourth-order valence-corrected chi connectivity index (χ4v) is 2.92. The highest BCUT2D eigenvalue weighted by Gasteiger charge is 2.21. The number of carbonyl (C=O) groups is 2. The molecule has 0 saturated carbocycles. The van der Waals surface area contributed by atoms with Crippen molar-refractivity contribution < 1.29 is 28.2 Å². The van der Waals surface area contributed by atoms with Crippen LogP contribution in [0.3, 0.4) is 0 Å². The number of furan rings is 1. The molecule has 1 heterocycles. The monoisotopic (exact) mass is 409 g/mol. The second-order valence-corrected chi connectivity index (χ2v) is 6.69. The van der Waals surface area contributed by atoms with Crippen molar-refractivity contribution >= 4 is 17.6 Å². The minimum Gasteiger partial charge on any atom is -0.493 e. The maximum atomic E-state index is 12.9. The van der Waals surface area contributed by atoms with Gasteiger partial charge in [0.2, 0.25) is 0 Å². The third-order valence-electron chi connectivity index (χ3n) is 4.60. The van der Waals surface area contributed by atoms with Gasteiger partial charge in [-0.15, -0.1) is 0 Å². The van der Waals surface area contributed by atoms with Gasteiger partial charge in [0.1, 0.15) is 6.61 Å². The summed E-state index contributed by atoms with van der Waals surface area (Å²) in [6.07, 6.45) is 1.39. The number of amides is 1. The summed E-state index contributed by atoms with van der Waals surface area (Å²) in [4.78, 5) is 25.3. The first-order chi connectivity index (χ1) is 14.4. The average Bonchev–Trinajstić information content (AvgIpc) is 3.29. The highest BCUT2D eigenvalue weighted by molar-refractivity contribution is 6.07. The Bertz CT molecular complexity index is 1060. The number of hydrogen-bond acceptors (Lipinski definition) is 6. The molecular weight excluding hydrogens is 386 g/mol. The Morgan fingerprint density at radius 2 is 1.73 bits per heavy atom. The fourth-order valence-electron chi connectivity index (χ4n) is 2.92. The Balaban J connectivity index is 1.89. The van der Waals surface area contributed by atoms with Crippen LogP contribution in [0.25, 0.3) is 0 Å². The molecular formula is C23H23NO6. The Morgan fingerprint density at radius 1 is 1.00 bits per heavy atom. The molecule has 0 fully saturated rings. The summed E-state index contributed by atoms with van der Waals surface area (Å²) in [5.41, 5.74) is 3.36. The SMILES string of the molecule is COc1cc(NC(=O)c2ccco2)c(C(=O)OCc2cc(C)ccc2C)cc1OC. The second kappa shape index (κ2) is 9.17. The summed E-state index contributed by atoms with van der Waals surface area (Å²) in [6, 6.07) is 12.0. The number of anilines is 1. The molecule has 0 saturated heterocycles. The Labute approximate surface area is 174 Å². The number of aryl methyl sites for hydroxylation is 2. The second-order valence-electron chi connectivity index (χ2n) is 6.69. The first-order valence-electron chi connectivity index (χ1n) is 9.27. The normalized spacial score (nSPS) is 10.4. The molecule has 3 aromatic rings. The number of hydrogen-bond donors (Lipinski definition) is 1. The smallest absolute Gasteiger partial charge is 0.340 e. The van der Waals surface area contributed by atoms with Gasteiger partial charge in [-0.05, 0) is 37.1 Å². The molecule has 1 amide bonds. The van der Waals surface area contributed by atoms with Gasteiger partial charge in [0.15, 0.2) is 17.3 Å². The molecule has 0 atom stereocenters. The van der Waals surface area contributed by atoms with E-state index in [9.17, 15) is 9.59 Å². The van der Waals surface area contributed by atoms with Gasteiger partial charge in [0, 0.05) is 12.1 Å². The van der Waals surface area contributed by atoms with Crippen LogP contribution in [0.15, 0.2) is 53.1 Å². The van der Waals surface area contributed by atoms with E-state index in [1.165, 1.54) is 38.7 Å². The van der Waals surface area contributed by atoms with Crippen molar-refractivity contribution in [1.82, 2.24) is 0 Å². The number of ether oxygens (including phenoxy) is 3. The molecule has 0 bridgehead atoms. The molecule has 7 heteroatoms. The summed E-state index contributed by atoms with van der Waals surface area (Å²) in [7, 11) is 2.93. The Morgan fingerprint density at radius 3 is 2.40 bits per heavy atom. The zero-order valence-electron chi connectivity index (χ0n) is 17.3. The van der Waals surface area contributed by atoms with Gasteiger partial charge in [-0.1, -0.05) is 23.8 Å². The van der Waals surface area contributed by atoms with E-state index in [1.54, 1.807) is 6.07 Å². The quantitative estimate of drug-likeness (QED) is 0.577. The molecule has 2 aromatic carbocycles. The number of carbonyl (C=O) groups excluding carboxylic acids is 2. The van der Waals surface area contributed by atoms with Crippen LogP contribution in [0.4, 0.5) is 5.69 Å². The van der Waals surface area contributed by atoms with Crippen molar-refractivity contribution in [1.29, 1.82) is 0 Å². The number of rotatable bonds is 7. The van der Waals surface area contributed by atoms with Crippen LogP contribution in [-0.4, -0.2) is 26.1 Å². The van der Waals surface area contributed by atoms with Gasteiger partial charge >= 0.3 is 5.97 Å². The number of benzene rings is 2. The predicted molar refractivity (Wildman–Crippen MR) is 111 cm³/mol. The Kier molecular flexibility index (Phi) is 6.41. The molecule has 1 N–H and O–H groups in total. The highest BCUT2D eigenvalue weighted by atomic mass is 16.5. The lowest BCUT2D eigenvalue weighted by Gasteiger charge is -2.15. The van der Waals surface area contributed by atoms with Gasteiger partial charge in [0.05, 0.1) is 31.7 Å². The zero-order chi connectivity index (χ0) is 21.7. The van der Waals surface area contributed by atoms with E-state index in [-0.39, 0.29) is 23.6 Å². The largest absolute Gasteiger partial charge is 0.493 e. The average molecular weight is 409 g/mol. The molecule has 0 aliphatic rings. The van der Waals surface area contributed by atoms with E-state index in [2.05, 4.69) is 5.32 Å². The van der Waals surface area contributed by atoms with Crippen LogP contribution in [0.1, 0.15) is 37.6 Å². The summed E-state index contributed by atoms with van der Waals surface area (Å²) in [5, 5.41) is 2.67. The molecule has 0 spiro atoms. The van der Waals surface area contributed by atoms with Crippen molar-refractivity contribution in [3.63, 3.8) is 0 Å². The van der Waals surface area contributed by atoms with Gasteiger partial charge in [-0.2, -0.15) is 0 Å². The van der Waals surface area contributed by atoms with Crippen LogP contribution < -0.4 is 14.8 Å². The molecule has 0 aliphatic heterocycles. The first-order valence-corrected chi connectivity index (χ1v) is 9.27. The minimum atomic E-state index is -0.605. The summed E-state index contributed by atoms with van der Waals surface area (Å²) in [6.45, 7) is 4.03. The molecule has 0 radical (unpaired) electrons. The van der Waals surface area contributed by atoms with E-state index in [4.69, 9.17) is 18.6 Å². The van der Waals surface area contributed by atoms with E-state index in [0.29, 0.717) is 11.5 Å². The van der Waals surface area contributed by atoms with E-state index >= 15 is 0 Å². The van der Waals surface area contributed by atoms with Crippen LogP contribution in [0, 0.1) is 13.8 Å². The molecule has 1 aromatic heterocycles. The standard InChI is InChI=1S/C23H23NO6/c1-14-7-8-15(2)16(10-14)13-30-23(26)17-11-20(27-3)21(28-4)12-18(17)24-22(25)19-6-5-9-29-19/h5-12H,13H2,1-4H3,(H,24,25). The maximum Gasteiger partial charge on any atom is 0.340 e. The topological polar surface area (TPSA) is 87.0 Å². The highest BCUT2D eigenvalue weighted by Crippen LogP contribution is 2.34. The predicted octanol–water partition coefficient (Wildman–Crippen LogP) is 4.52. The number of methoxy groups -OCH3 is 2. The van der Waals surface area contributed by atoms with E-state index in [1.807, 2.05) is 32.0 Å². The minimum absolute atomic E-state index is 0.103. The molecule has 0 unspecified atom stereocenters. The van der Waals surface area contributed by atoms with Crippen LogP contribution in [0.5, 0.6) is 11.5 Å². The third-order valence-corrected chi connectivity index (χ3v) is 4.60. The number of nitrogens with one attached hydrogen (secondary N) is 1. The van der Waals surface area contributed by atoms with Crippen molar-refractivity contribution in [2.75, 3.05) is 19.5 Å². The summed E-state index contributed by atoms with van der Waals surface area (Å²) in [5.74, 6) is -0.299. The lowest BCUT2D eigenvalue weighted by Crippen LogP contribution is -2.16. The van der Waals surface area contributed by atoms with Crippen molar-refractivity contribution in [2.45, 2.75) is 20.5 Å². The van der Waals surface area contributed by atoms with E-state index < -0.39 is 11.9 Å².